The summed E-state index contributed by atoms with van der Waals surface area (Å²) in [6, 6.07) is 41.9. The number of nitrogens with zero attached hydrogens (tertiary/aromatic N) is 6. The molecule has 2 bridgehead atoms. The fraction of sp³-hybridized carbons (Fsp3) is 0.0536. The lowest BCUT2D eigenvalue weighted by Gasteiger charge is -2.39. The van der Waals surface area contributed by atoms with Crippen molar-refractivity contribution in [3.05, 3.63) is 220 Å². The molecule has 0 fully saturated rings. The van der Waals surface area contributed by atoms with Gasteiger partial charge in [0.15, 0.2) is 0 Å². The van der Waals surface area contributed by atoms with Gasteiger partial charge in [-0.05, 0) is 102 Å². The van der Waals surface area contributed by atoms with Crippen molar-refractivity contribution in [2.24, 2.45) is 4.99 Å². The van der Waals surface area contributed by atoms with Gasteiger partial charge >= 0.3 is 0 Å². The number of para-hydroxylation sites is 4. The van der Waals surface area contributed by atoms with Crippen molar-refractivity contribution in [2.75, 3.05) is 4.90 Å². The molecule has 2 aliphatic heterocycles. The second-order valence-corrected chi connectivity index (χ2v) is 17.9. The van der Waals surface area contributed by atoms with Crippen LogP contribution >= 0.6 is 22.7 Å². The van der Waals surface area contributed by atoms with E-state index in [0.29, 0.717) is 0 Å². The third-order valence-electron chi connectivity index (χ3n) is 12.4. The number of aryl methyl sites for hydroxylation is 1. The Hall–Kier alpha value is -7.74. The summed E-state index contributed by atoms with van der Waals surface area (Å²) in [5, 5.41) is 8.32. The van der Waals surface area contributed by atoms with Crippen LogP contribution in [0.4, 0.5) is 11.4 Å². The predicted molar refractivity (Wildman–Crippen MR) is 268 cm³/mol. The van der Waals surface area contributed by atoms with Gasteiger partial charge in [-0.25, -0.2) is 9.97 Å². The Kier molecular flexibility index (Phi) is 9.23. The van der Waals surface area contributed by atoms with Crippen molar-refractivity contribution < 1.29 is 0 Å². The van der Waals surface area contributed by atoms with Crippen LogP contribution in [0.1, 0.15) is 23.1 Å². The smallest absolute Gasteiger partial charge is 0.131 e. The molecule has 5 aromatic carbocycles. The zero-order valence-electron chi connectivity index (χ0n) is 35.0. The van der Waals surface area contributed by atoms with E-state index in [1.165, 1.54) is 33.1 Å². The number of pyridine rings is 1. The molecule has 0 saturated heterocycles. The Balaban J connectivity index is 1.12. The summed E-state index contributed by atoms with van der Waals surface area (Å²) in [5.74, 6) is 0. The van der Waals surface area contributed by atoms with Crippen LogP contribution in [0.2, 0.25) is 0 Å². The standard InChI is InChI=1S/C56H38N6S2/c1-35-28-37(49-33-57-22-11-20-46(49)55-59-24-26-63-55)30-39-32-51(35)61(40-12-5-3-6-13-40)53-42(39)16-9-17-43(53)44-18-10-19-45-48-31-38(50-34-58-23-21-47(50)56-60-25-27-64-56)29-36(2)52(48)62(54(44)45)41-14-7-4-8-15-41/h3-19,21-34,51H,1-2H3. The predicted octanol–water partition coefficient (Wildman–Crippen LogP) is 14.4. The van der Waals surface area contributed by atoms with Crippen LogP contribution in [-0.2, 0) is 0 Å². The second-order valence-electron chi connectivity index (χ2n) is 16.1. The summed E-state index contributed by atoms with van der Waals surface area (Å²) in [6.07, 6.45) is 20.3. The van der Waals surface area contributed by atoms with Gasteiger partial charge in [-0.1, -0.05) is 78.9 Å². The summed E-state index contributed by atoms with van der Waals surface area (Å²) >= 11 is 3.26. The summed E-state index contributed by atoms with van der Waals surface area (Å²) in [5.41, 5.74) is 22.6. The van der Waals surface area contributed by atoms with E-state index >= 15 is 0 Å². The maximum absolute atomic E-state index is 4.70. The number of allylic oxidation sites excluding steroid dienone is 6. The normalized spacial score (nSPS) is 15.6. The average molecular weight is 859 g/mol. The minimum atomic E-state index is -0.0620. The molecular weight excluding hydrogens is 821 g/mol. The first-order valence-electron chi connectivity index (χ1n) is 21.3. The first-order valence-corrected chi connectivity index (χ1v) is 23.0. The van der Waals surface area contributed by atoms with Crippen LogP contribution in [0.25, 0.3) is 71.5 Å². The second kappa shape index (κ2) is 15.6. The zero-order valence-corrected chi connectivity index (χ0v) is 36.6. The fourth-order valence-corrected chi connectivity index (χ4v) is 11.0. The van der Waals surface area contributed by atoms with E-state index in [-0.39, 0.29) is 6.04 Å². The minimum absolute atomic E-state index is 0.0620. The van der Waals surface area contributed by atoms with Crippen molar-refractivity contribution in [2.45, 2.75) is 19.9 Å². The van der Waals surface area contributed by atoms with Crippen molar-refractivity contribution >= 4 is 73.2 Å². The molecule has 0 saturated carbocycles. The largest absolute Gasteiger partial charge is 0.330 e. The average Bonchev–Trinajstić information content (AvgIpc) is 4.09. The Morgan fingerprint density at radius 3 is 2.17 bits per heavy atom. The molecule has 64 heavy (non-hydrogen) atoms. The fourth-order valence-electron chi connectivity index (χ4n) is 9.70. The molecular formula is C56H38N6S2. The van der Waals surface area contributed by atoms with Gasteiger partial charge in [-0.15, -0.1) is 28.4 Å². The molecule has 1 unspecified atom stereocenters. The lowest BCUT2D eigenvalue weighted by Crippen LogP contribution is -2.34. The summed E-state index contributed by atoms with van der Waals surface area (Å²) in [6.45, 7) is 4.49. The highest BCUT2D eigenvalue weighted by Crippen LogP contribution is 2.51. The molecule has 0 amide bonds. The first kappa shape index (κ1) is 38.0. The van der Waals surface area contributed by atoms with E-state index in [9.17, 15) is 0 Å². The number of hydrogen-bond acceptors (Lipinski definition) is 7. The van der Waals surface area contributed by atoms with Crippen molar-refractivity contribution in [3.8, 4) is 38.5 Å². The molecule has 3 aliphatic rings. The van der Waals surface area contributed by atoms with Crippen LogP contribution in [0.5, 0.6) is 0 Å². The van der Waals surface area contributed by atoms with Crippen molar-refractivity contribution in [3.63, 3.8) is 0 Å². The number of aliphatic imine (C=N–C) groups is 1. The minimum Gasteiger partial charge on any atom is -0.330 e. The highest BCUT2D eigenvalue weighted by atomic mass is 32.1. The van der Waals surface area contributed by atoms with Gasteiger partial charge in [-0.2, -0.15) is 0 Å². The lowest BCUT2D eigenvalue weighted by molar-refractivity contribution is 0.879. The molecule has 8 heteroatoms. The van der Waals surface area contributed by atoms with E-state index in [1.807, 2.05) is 47.8 Å². The van der Waals surface area contributed by atoms with Gasteiger partial charge in [0.25, 0.3) is 0 Å². The topological polar surface area (TPSA) is 59.2 Å². The third-order valence-corrected chi connectivity index (χ3v) is 14.0. The maximum atomic E-state index is 4.70. The number of fused-ring (bicyclic) bond motifs is 6. The first-order chi connectivity index (χ1) is 31.6. The molecule has 1 aliphatic carbocycles. The van der Waals surface area contributed by atoms with E-state index in [0.717, 1.165) is 82.6 Å². The zero-order chi connectivity index (χ0) is 42.7. The number of anilines is 2. The van der Waals surface area contributed by atoms with Crippen LogP contribution in [0, 0.1) is 6.92 Å². The molecule has 12 rings (SSSR count). The Labute approximate surface area is 378 Å². The molecule has 0 radical (unpaired) electrons. The monoisotopic (exact) mass is 858 g/mol. The number of rotatable bonds is 7. The van der Waals surface area contributed by atoms with Gasteiger partial charge < -0.3 is 9.47 Å². The van der Waals surface area contributed by atoms with Crippen molar-refractivity contribution in [1.29, 1.82) is 0 Å². The number of benzene rings is 5. The summed E-state index contributed by atoms with van der Waals surface area (Å²) in [4.78, 5) is 21.2. The van der Waals surface area contributed by atoms with E-state index in [1.54, 1.807) is 28.9 Å². The Bertz CT molecular complexity index is 3540. The van der Waals surface area contributed by atoms with Gasteiger partial charge in [-0.3, -0.25) is 9.98 Å². The SMILES string of the molecule is CC1=CC(C2=CN=CC=C=C2c2nccs2)=CC2=CC1N(c1ccccc1)c1c2cccc1-c1cccc2c3cc(-c4cnccc4-c4nccs4)cc(C)c3n(-c3ccccc3)c12. The number of aromatic nitrogens is 4. The highest BCUT2D eigenvalue weighted by molar-refractivity contribution is 7.13. The number of hydrogen-bond donors (Lipinski definition) is 0. The van der Waals surface area contributed by atoms with E-state index in [2.05, 4.69) is 173 Å². The van der Waals surface area contributed by atoms with Gasteiger partial charge in [0.05, 0.1) is 28.3 Å². The van der Waals surface area contributed by atoms with Gasteiger partial charge in [0.1, 0.15) is 10.0 Å². The van der Waals surface area contributed by atoms with E-state index in [4.69, 9.17) is 9.97 Å². The van der Waals surface area contributed by atoms with Crippen LogP contribution < -0.4 is 4.90 Å². The van der Waals surface area contributed by atoms with Crippen LogP contribution in [0.3, 0.4) is 0 Å². The quantitative estimate of drug-likeness (QED) is 0.150. The molecule has 9 aromatic rings. The third kappa shape index (κ3) is 6.22. The molecule has 1 atom stereocenters. The Morgan fingerprint density at radius 2 is 1.38 bits per heavy atom. The molecule has 4 aromatic heterocycles. The molecule has 0 spiro atoms. The number of thiazole rings is 2. The van der Waals surface area contributed by atoms with Crippen LogP contribution in [-0.4, -0.2) is 31.8 Å². The molecule has 304 valence electrons. The Morgan fingerprint density at radius 1 is 0.625 bits per heavy atom. The maximum Gasteiger partial charge on any atom is 0.131 e. The molecule has 0 N–H and O–H groups in total. The van der Waals surface area contributed by atoms with Gasteiger partial charge in [0.2, 0.25) is 0 Å². The lowest BCUT2D eigenvalue weighted by atomic mass is 9.87. The molecule has 6 nitrogen and oxygen atoms in total. The summed E-state index contributed by atoms with van der Waals surface area (Å²) < 4.78 is 2.48. The van der Waals surface area contributed by atoms with Crippen molar-refractivity contribution in [1.82, 2.24) is 19.5 Å². The van der Waals surface area contributed by atoms with E-state index < -0.39 is 0 Å². The van der Waals surface area contributed by atoms with Gasteiger partial charge in [0, 0.05) is 103 Å². The summed E-state index contributed by atoms with van der Waals surface area (Å²) in [7, 11) is 0. The molecule has 6 heterocycles. The highest BCUT2D eigenvalue weighted by Gasteiger charge is 2.34. The van der Waals surface area contributed by atoms with Crippen LogP contribution in [0.15, 0.2) is 209 Å².